The van der Waals surface area contributed by atoms with Gasteiger partial charge in [-0.25, -0.2) is 0 Å². The van der Waals surface area contributed by atoms with Crippen molar-refractivity contribution in [3.63, 3.8) is 0 Å². The van der Waals surface area contributed by atoms with Gasteiger partial charge in [-0.05, 0) is 25.3 Å². The summed E-state index contributed by atoms with van der Waals surface area (Å²) in [7, 11) is 0. The van der Waals surface area contributed by atoms with Crippen LogP contribution in [0.2, 0.25) is 0 Å². The van der Waals surface area contributed by atoms with Crippen LogP contribution in [0.3, 0.4) is 0 Å². The molecule has 1 aliphatic rings. The zero-order valence-electron chi connectivity index (χ0n) is 8.40. The largest absolute Gasteiger partial charge is 0.262 e. The molecule has 2 heteroatoms. The second-order valence-electron chi connectivity index (χ2n) is 3.99. The number of nitrogens with zero attached hydrogens (tertiary/aromatic N) is 2. The highest BCUT2D eigenvalue weighted by Crippen LogP contribution is 2.37. The summed E-state index contributed by atoms with van der Waals surface area (Å²) in [6.07, 6.45) is 3.63. The minimum absolute atomic E-state index is 0.681. The molecule has 0 amide bonds. The second-order valence-corrected chi connectivity index (χ2v) is 3.99. The van der Waals surface area contributed by atoms with Crippen LogP contribution in [-0.2, 0) is 6.42 Å². The normalized spacial score (nSPS) is 16.4. The van der Waals surface area contributed by atoms with Crippen LogP contribution in [0.5, 0.6) is 0 Å². The Hall–Kier alpha value is -1.31. The van der Waals surface area contributed by atoms with E-state index in [-0.39, 0.29) is 0 Å². The SMILES string of the molecule is CCc1nn(C2CC2)c2ccccc12. The van der Waals surface area contributed by atoms with Crippen LogP contribution >= 0.6 is 0 Å². The van der Waals surface area contributed by atoms with E-state index in [1.165, 1.54) is 29.4 Å². The average Bonchev–Trinajstić information content (AvgIpc) is 3.00. The standard InChI is InChI=1S/C12H14N2/c1-2-11-10-5-3-4-6-12(10)14(13-11)9-7-8-9/h3-6,9H,2,7-8H2,1H3. The summed E-state index contributed by atoms with van der Waals surface area (Å²) < 4.78 is 2.22. The van der Waals surface area contributed by atoms with Crippen molar-refractivity contribution in [2.75, 3.05) is 0 Å². The lowest BCUT2D eigenvalue weighted by Crippen LogP contribution is -1.96. The molecule has 2 nitrogen and oxygen atoms in total. The fraction of sp³-hybridized carbons (Fsp3) is 0.417. The zero-order valence-corrected chi connectivity index (χ0v) is 8.40. The molecule has 0 unspecified atom stereocenters. The highest BCUT2D eigenvalue weighted by atomic mass is 15.3. The molecule has 1 aromatic heterocycles. The molecular weight excluding hydrogens is 172 g/mol. The Kier molecular flexibility index (Phi) is 1.63. The number of benzene rings is 1. The Labute approximate surface area is 83.5 Å². The van der Waals surface area contributed by atoms with E-state index in [9.17, 15) is 0 Å². The van der Waals surface area contributed by atoms with Crippen molar-refractivity contribution < 1.29 is 0 Å². The van der Waals surface area contributed by atoms with E-state index in [1.54, 1.807) is 0 Å². The van der Waals surface area contributed by atoms with Gasteiger partial charge in [0.1, 0.15) is 0 Å². The first-order valence-corrected chi connectivity index (χ1v) is 5.36. The lowest BCUT2D eigenvalue weighted by Gasteiger charge is -1.98. The lowest BCUT2D eigenvalue weighted by molar-refractivity contribution is 0.653. The van der Waals surface area contributed by atoms with Gasteiger partial charge in [0.15, 0.2) is 0 Å². The van der Waals surface area contributed by atoms with Gasteiger partial charge in [0.2, 0.25) is 0 Å². The first-order valence-electron chi connectivity index (χ1n) is 5.36. The van der Waals surface area contributed by atoms with E-state index in [0.717, 1.165) is 6.42 Å². The van der Waals surface area contributed by atoms with Crippen LogP contribution < -0.4 is 0 Å². The number of para-hydroxylation sites is 1. The third-order valence-electron chi connectivity index (χ3n) is 2.92. The molecule has 0 saturated heterocycles. The molecule has 0 radical (unpaired) electrons. The van der Waals surface area contributed by atoms with Crippen LogP contribution in [0.15, 0.2) is 24.3 Å². The Bertz CT molecular complexity index is 466. The number of hydrogen-bond acceptors (Lipinski definition) is 1. The Morgan fingerprint density at radius 1 is 1.36 bits per heavy atom. The fourth-order valence-corrected chi connectivity index (χ4v) is 2.01. The molecule has 0 bridgehead atoms. The van der Waals surface area contributed by atoms with Gasteiger partial charge in [-0.1, -0.05) is 25.1 Å². The smallest absolute Gasteiger partial charge is 0.0700 e. The molecule has 0 aliphatic heterocycles. The predicted octanol–water partition coefficient (Wildman–Crippen LogP) is 2.93. The Balaban J connectivity index is 2.28. The van der Waals surface area contributed by atoms with Gasteiger partial charge in [0.05, 0.1) is 17.3 Å². The molecule has 1 fully saturated rings. The van der Waals surface area contributed by atoms with Gasteiger partial charge in [-0.15, -0.1) is 0 Å². The summed E-state index contributed by atoms with van der Waals surface area (Å²) in [6, 6.07) is 9.24. The molecule has 1 saturated carbocycles. The summed E-state index contributed by atoms with van der Waals surface area (Å²) in [5.74, 6) is 0. The Morgan fingerprint density at radius 3 is 2.86 bits per heavy atom. The maximum atomic E-state index is 4.69. The molecule has 1 heterocycles. The third kappa shape index (κ3) is 1.07. The number of aryl methyl sites for hydroxylation is 1. The lowest BCUT2D eigenvalue weighted by atomic mass is 10.2. The quantitative estimate of drug-likeness (QED) is 0.705. The van der Waals surface area contributed by atoms with Crippen molar-refractivity contribution in [3.8, 4) is 0 Å². The summed E-state index contributed by atoms with van der Waals surface area (Å²) in [4.78, 5) is 0. The van der Waals surface area contributed by atoms with Crippen LogP contribution in [0.25, 0.3) is 10.9 Å². The molecule has 2 aromatic rings. The maximum absolute atomic E-state index is 4.69. The van der Waals surface area contributed by atoms with E-state index in [4.69, 9.17) is 0 Å². The first-order chi connectivity index (χ1) is 6.90. The minimum atomic E-state index is 0.681. The first kappa shape index (κ1) is 8.04. The monoisotopic (exact) mass is 186 g/mol. The highest BCUT2D eigenvalue weighted by molar-refractivity contribution is 5.82. The summed E-state index contributed by atoms with van der Waals surface area (Å²) in [6.45, 7) is 2.17. The van der Waals surface area contributed by atoms with Crippen molar-refractivity contribution in [2.45, 2.75) is 32.2 Å². The minimum Gasteiger partial charge on any atom is -0.262 e. The van der Waals surface area contributed by atoms with Gasteiger partial charge < -0.3 is 0 Å². The fourth-order valence-electron chi connectivity index (χ4n) is 2.01. The summed E-state index contributed by atoms with van der Waals surface area (Å²) in [5.41, 5.74) is 2.55. The molecule has 1 aromatic carbocycles. The zero-order chi connectivity index (χ0) is 9.54. The van der Waals surface area contributed by atoms with Crippen molar-refractivity contribution in [3.05, 3.63) is 30.0 Å². The van der Waals surface area contributed by atoms with E-state index >= 15 is 0 Å². The van der Waals surface area contributed by atoms with E-state index in [1.807, 2.05) is 0 Å². The van der Waals surface area contributed by atoms with Gasteiger partial charge in [0.25, 0.3) is 0 Å². The van der Waals surface area contributed by atoms with Crippen LogP contribution in [0, 0.1) is 0 Å². The van der Waals surface area contributed by atoms with Gasteiger partial charge in [-0.3, -0.25) is 4.68 Å². The Morgan fingerprint density at radius 2 is 2.14 bits per heavy atom. The molecule has 1 aliphatic carbocycles. The van der Waals surface area contributed by atoms with Crippen molar-refractivity contribution >= 4 is 10.9 Å². The molecule has 0 spiro atoms. The number of fused-ring (bicyclic) bond motifs is 1. The summed E-state index contributed by atoms with van der Waals surface area (Å²) >= 11 is 0. The van der Waals surface area contributed by atoms with Gasteiger partial charge in [-0.2, -0.15) is 5.10 Å². The summed E-state index contributed by atoms with van der Waals surface area (Å²) in [5, 5.41) is 6.02. The van der Waals surface area contributed by atoms with Crippen molar-refractivity contribution in [1.29, 1.82) is 0 Å². The predicted molar refractivity (Wildman–Crippen MR) is 57.4 cm³/mol. The second kappa shape index (κ2) is 2.84. The third-order valence-corrected chi connectivity index (χ3v) is 2.92. The number of hydrogen-bond donors (Lipinski definition) is 0. The van der Waals surface area contributed by atoms with Crippen molar-refractivity contribution in [2.24, 2.45) is 0 Å². The molecule has 3 rings (SSSR count). The average molecular weight is 186 g/mol. The van der Waals surface area contributed by atoms with E-state index in [2.05, 4.69) is 41.0 Å². The molecule has 14 heavy (non-hydrogen) atoms. The number of rotatable bonds is 2. The molecule has 0 N–H and O–H groups in total. The van der Waals surface area contributed by atoms with Crippen LogP contribution in [-0.4, -0.2) is 9.78 Å². The van der Waals surface area contributed by atoms with Crippen LogP contribution in [0.1, 0.15) is 31.5 Å². The molecule has 72 valence electrons. The van der Waals surface area contributed by atoms with Gasteiger partial charge in [0, 0.05) is 5.39 Å². The molecular formula is C12H14N2. The maximum Gasteiger partial charge on any atom is 0.0700 e. The molecule has 0 atom stereocenters. The van der Waals surface area contributed by atoms with Gasteiger partial charge >= 0.3 is 0 Å². The number of aromatic nitrogens is 2. The van der Waals surface area contributed by atoms with E-state index in [0.29, 0.717) is 6.04 Å². The topological polar surface area (TPSA) is 17.8 Å². The van der Waals surface area contributed by atoms with Crippen LogP contribution in [0.4, 0.5) is 0 Å². The highest BCUT2D eigenvalue weighted by Gasteiger charge is 2.26. The van der Waals surface area contributed by atoms with E-state index < -0.39 is 0 Å². The van der Waals surface area contributed by atoms with Crippen molar-refractivity contribution in [1.82, 2.24) is 9.78 Å².